The quantitative estimate of drug-likeness (QED) is 0.488. The molecule has 2 aromatic rings. The van der Waals surface area contributed by atoms with E-state index in [-0.39, 0.29) is 34.8 Å². The van der Waals surface area contributed by atoms with E-state index in [9.17, 15) is 14.4 Å². The maximum Gasteiger partial charge on any atom is 0.342 e. The summed E-state index contributed by atoms with van der Waals surface area (Å²) in [6, 6.07) is 2.97. The van der Waals surface area contributed by atoms with E-state index >= 15 is 0 Å². The number of nitrogens with one attached hydrogen (secondary N) is 1. The first-order chi connectivity index (χ1) is 14.3. The fraction of sp³-hybridized carbons (Fsp3) is 0.381. The number of hydrogen-bond acceptors (Lipinski definition) is 8. The number of esters is 2. The van der Waals surface area contributed by atoms with Crippen LogP contribution in [0.15, 0.2) is 12.1 Å². The normalized spacial score (nSPS) is 10.3. The van der Waals surface area contributed by atoms with Gasteiger partial charge in [-0.1, -0.05) is 0 Å². The molecule has 9 nitrogen and oxygen atoms in total. The second-order valence-corrected chi connectivity index (χ2v) is 6.23. The van der Waals surface area contributed by atoms with Gasteiger partial charge in [0.15, 0.2) is 18.1 Å². The highest BCUT2D eigenvalue weighted by molar-refractivity contribution is 6.09. The average molecular weight is 419 g/mol. The van der Waals surface area contributed by atoms with Crippen LogP contribution in [0.4, 0.5) is 0 Å². The molecule has 0 aliphatic heterocycles. The molecule has 9 heteroatoms. The van der Waals surface area contributed by atoms with Gasteiger partial charge in [-0.15, -0.1) is 0 Å². The van der Waals surface area contributed by atoms with Gasteiger partial charge in [-0.25, -0.2) is 9.59 Å². The number of benzene rings is 1. The van der Waals surface area contributed by atoms with Gasteiger partial charge in [0.2, 0.25) is 11.5 Å². The second kappa shape index (κ2) is 9.82. The van der Waals surface area contributed by atoms with Crippen LogP contribution in [0.3, 0.4) is 0 Å². The monoisotopic (exact) mass is 419 g/mol. The van der Waals surface area contributed by atoms with Crippen molar-refractivity contribution < 1.29 is 38.1 Å². The molecule has 1 aromatic heterocycles. The lowest BCUT2D eigenvalue weighted by Crippen LogP contribution is -2.18. The van der Waals surface area contributed by atoms with Gasteiger partial charge in [0.05, 0.1) is 39.1 Å². The maximum absolute atomic E-state index is 12.7. The molecule has 0 unspecified atom stereocenters. The van der Waals surface area contributed by atoms with Crippen LogP contribution in [-0.2, 0) is 9.47 Å². The summed E-state index contributed by atoms with van der Waals surface area (Å²) in [6.07, 6.45) is 0. The van der Waals surface area contributed by atoms with Crippen molar-refractivity contribution in [2.75, 3.05) is 34.5 Å². The van der Waals surface area contributed by atoms with Crippen LogP contribution in [0.1, 0.15) is 49.4 Å². The van der Waals surface area contributed by atoms with Gasteiger partial charge in [-0.05, 0) is 32.9 Å². The first kappa shape index (κ1) is 22.8. The minimum Gasteiger partial charge on any atom is -0.493 e. The average Bonchev–Trinajstić information content (AvgIpc) is 3.04. The van der Waals surface area contributed by atoms with Crippen LogP contribution in [0.25, 0.3) is 0 Å². The van der Waals surface area contributed by atoms with Crippen LogP contribution in [0, 0.1) is 13.8 Å². The van der Waals surface area contributed by atoms with Crippen LogP contribution >= 0.6 is 0 Å². The van der Waals surface area contributed by atoms with Crippen molar-refractivity contribution in [3.8, 4) is 17.2 Å². The third-order valence-corrected chi connectivity index (χ3v) is 4.39. The Hall–Kier alpha value is -3.49. The Morgan fingerprint density at radius 2 is 1.47 bits per heavy atom. The molecule has 0 saturated heterocycles. The van der Waals surface area contributed by atoms with Crippen molar-refractivity contribution >= 4 is 17.7 Å². The summed E-state index contributed by atoms with van der Waals surface area (Å²) in [5.41, 5.74) is 1.33. The molecule has 30 heavy (non-hydrogen) atoms. The van der Waals surface area contributed by atoms with Gasteiger partial charge in [0.1, 0.15) is 5.56 Å². The Kier molecular flexibility index (Phi) is 7.46. The van der Waals surface area contributed by atoms with Crippen molar-refractivity contribution in [2.45, 2.75) is 20.8 Å². The van der Waals surface area contributed by atoms with Crippen LogP contribution in [-0.4, -0.2) is 57.2 Å². The number of aromatic amines is 1. The Labute approximate surface area is 174 Å². The zero-order valence-corrected chi connectivity index (χ0v) is 17.8. The Balaban J connectivity index is 2.26. The highest BCUT2D eigenvalue weighted by atomic mass is 16.5. The molecular formula is C21H25NO8. The van der Waals surface area contributed by atoms with Gasteiger partial charge in [0.25, 0.3) is 0 Å². The molecule has 162 valence electrons. The van der Waals surface area contributed by atoms with Crippen molar-refractivity contribution in [3.63, 3.8) is 0 Å². The van der Waals surface area contributed by atoms with E-state index in [0.29, 0.717) is 17.1 Å². The van der Waals surface area contributed by atoms with Crippen LogP contribution in [0.2, 0.25) is 0 Å². The van der Waals surface area contributed by atoms with E-state index < -0.39 is 24.3 Å². The van der Waals surface area contributed by atoms with Gasteiger partial charge in [-0.3, -0.25) is 4.79 Å². The largest absolute Gasteiger partial charge is 0.493 e. The molecule has 0 atom stereocenters. The number of aromatic nitrogens is 1. The molecule has 0 amide bonds. The van der Waals surface area contributed by atoms with Crippen molar-refractivity contribution in [2.24, 2.45) is 0 Å². The van der Waals surface area contributed by atoms with Gasteiger partial charge >= 0.3 is 11.9 Å². The molecular weight excluding hydrogens is 394 g/mol. The lowest BCUT2D eigenvalue weighted by molar-refractivity contribution is 0.0468. The minimum absolute atomic E-state index is 0.0653. The molecule has 1 N–H and O–H groups in total. The zero-order valence-electron chi connectivity index (χ0n) is 17.8. The third kappa shape index (κ3) is 4.40. The molecule has 1 aromatic carbocycles. The van der Waals surface area contributed by atoms with E-state index in [1.165, 1.54) is 33.5 Å². The zero-order chi connectivity index (χ0) is 22.4. The molecule has 0 spiro atoms. The molecule has 2 rings (SSSR count). The van der Waals surface area contributed by atoms with Gasteiger partial charge < -0.3 is 28.7 Å². The molecule has 1 heterocycles. The number of Topliss-reactive ketones (excluding diaryl/α,β-unsaturated/α-hetero) is 1. The summed E-state index contributed by atoms with van der Waals surface area (Å²) in [4.78, 5) is 40.5. The Morgan fingerprint density at radius 3 is 2.03 bits per heavy atom. The molecule has 0 aliphatic rings. The molecule has 0 saturated carbocycles. The highest BCUT2D eigenvalue weighted by Gasteiger charge is 2.27. The van der Waals surface area contributed by atoms with Crippen LogP contribution in [0.5, 0.6) is 17.2 Å². The SMILES string of the molecule is CCOC(=O)c1c(C)[nH]c(C)c1C(=O)COC(=O)c1ccc(OC)c(OC)c1OC. The molecule has 0 bridgehead atoms. The third-order valence-electron chi connectivity index (χ3n) is 4.39. The standard InChI is InChI=1S/C21H25NO8/c1-7-29-21(25)17-12(3)22-11(2)16(17)14(23)10-30-20(24)13-8-9-15(26-4)19(28-6)18(13)27-5/h8-9,22H,7,10H2,1-6H3. The Morgan fingerprint density at radius 1 is 0.833 bits per heavy atom. The number of ketones is 1. The van der Waals surface area contributed by atoms with Crippen molar-refractivity contribution in [1.82, 2.24) is 4.98 Å². The summed E-state index contributed by atoms with van der Waals surface area (Å²) >= 11 is 0. The summed E-state index contributed by atoms with van der Waals surface area (Å²) in [5.74, 6) is -1.22. The van der Waals surface area contributed by atoms with Gasteiger partial charge in [0, 0.05) is 11.4 Å². The topological polar surface area (TPSA) is 113 Å². The number of ether oxygens (including phenoxy) is 5. The van der Waals surface area contributed by atoms with Crippen molar-refractivity contribution in [3.05, 3.63) is 40.2 Å². The van der Waals surface area contributed by atoms with Crippen LogP contribution < -0.4 is 14.2 Å². The fourth-order valence-corrected chi connectivity index (χ4v) is 3.13. The number of aryl methyl sites for hydroxylation is 2. The molecule has 0 fully saturated rings. The maximum atomic E-state index is 12.7. The van der Waals surface area contributed by atoms with E-state index in [0.717, 1.165) is 0 Å². The molecule has 0 radical (unpaired) electrons. The summed E-state index contributed by atoms with van der Waals surface area (Å²) in [5, 5.41) is 0. The Bertz CT molecular complexity index is 960. The summed E-state index contributed by atoms with van der Waals surface area (Å²) in [7, 11) is 4.24. The predicted molar refractivity (Wildman–Crippen MR) is 107 cm³/mol. The van der Waals surface area contributed by atoms with Crippen molar-refractivity contribution in [1.29, 1.82) is 0 Å². The minimum atomic E-state index is -0.788. The van der Waals surface area contributed by atoms with Gasteiger partial charge in [-0.2, -0.15) is 0 Å². The number of methoxy groups -OCH3 is 3. The van der Waals surface area contributed by atoms with E-state index in [2.05, 4.69) is 4.98 Å². The van der Waals surface area contributed by atoms with E-state index in [4.69, 9.17) is 23.7 Å². The fourth-order valence-electron chi connectivity index (χ4n) is 3.13. The summed E-state index contributed by atoms with van der Waals surface area (Å²) < 4.78 is 25.9. The second-order valence-electron chi connectivity index (χ2n) is 6.23. The first-order valence-electron chi connectivity index (χ1n) is 9.16. The number of carbonyl (C=O) groups excluding carboxylic acids is 3. The van der Waals surface area contributed by atoms with E-state index in [1.54, 1.807) is 20.8 Å². The first-order valence-corrected chi connectivity index (χ1v) is 9.16. The van der Waals surface area contributed by atoms with E-state index in [1.807, 2.05) is 0 Å². The molecule has 0 aliphatic carbocycles. The number of rotatable bonds is 9. The number of H-pyrrole nitrogens is 1. The lowest BCUT2D eigenvalue weighted by Gasteiger charge is -2.15. The lowest BCUT2D eigenvalue weighted by atomic mass is 10.1. The number of hydrogen-bond donors (Lipinski definition) is 1. The highest BCUT2D eigenvalue weighted by Crippen LogP contribution is 2.40. The smallest absolute Gasteiger partial charge is 0.342 e. The predicted octanol–water partition coefficient (Wildman–Crippen LogP) is 2.87. The summed E-state index contributed by atoms with van der Waals surface area (Å²) in [6.45, 7) is 4.59. The number of carbonyl (C=O) groups is 3.